The van der Waals surface area contributed by atoms with Gasteiger partial charge in [-0.1, -0.05) is 17.7 Å². The molecule has 3 rings (SSSR count). The van der Waals surface area contributed by atoms with Crippen LogP contribution < -0.4 is 10.6 Å². The highest BCUT2D eigenvalue weighted by atomic mass is 35.5. The molecular weight excluding hydrogens is 468 g/mol. The van der Waals surface area contributed by atoms with Crippen molar-refractivity contribution in [2.24, 2.45) is 0 Å². The molecule has 2 N–H and O–H groups in total. The second-order valence-electron chi connectivity index (χ2n) is 6.81. The quantitative estimate of drug-likeness (QED) is 0.280. The van der Waals surface area contributed by atoms with Crippen LogP contribution in [0.4, 0.5) is 5.69 Å². The van der Waals surface area contributed by atoms with Gasteiger partial charge in [0.05, 0.1) is 18.5 Å². The third-order valence-electron chi connectivity index (χ3n) is 4.52. The topological polar surface area (TPSA) is 123 Å². The normalized spacial score (nSPS) is 10.5. The lowest BCUT2D eigenvalue weighted by Crippen LogP contribution is -2.35. The van der Waals surface area contributed by atoms with E-state index in [-0.39, 0.29) is 12.1 Å². The van der Waals surface area contributed by atoms with Gasteiger partial charge >= 0.3 is 5.97 Å². The van der Waals surface area contributed by atoms with Crippen LogP contribution in [-0.4, -0.2) is 47.2 Å². The molecule has 2 aromatic heterocycles. The molecule has 0 saturated heterocycles. The number of carbonyl (C=O) groups is 3. The number of ether oxygens (including phenoxy) is 1. The first-order valence-corrected chi connectivity index (χ1v) is 11.4. The Morgan fingerprint density at radius 2 is 1.91 bits per heavy atom. The average molecular weight is 489 g/mol. The van der Waals surface area contributed by atoms with E-state index < -0.39 is 24.4 Å². The summed E-state index contributed by atoms with van der Waals surface area (Å²) in [7, 11) is 0. The van der Waals surface area contributed by atoms with Crippen molar-refractivity contribution in [2.75, 3.05) is 24.7 Å². The first kappa shape index (κ1) is 24.3. The SMILES string of the molecule is CSc1nc(-c2ccco2)nc(C)c1C(=O)OCC(=O)NCC(=O)Nc1cccc(Cl)c1C. The molecule has 0 aliphatic heterocycles. The standard InChI is InChI=1S/C22H21ClN4O5S/c1-12-14(23)6-4-7-15(12)26-17(28)10-24-18(29)11-32-22(30)19-13(2)25-20(27-21(19)33-3)16-8-5-9-31-16/h4-9H,10-11H2,1-3H3,(H,24,29)(H,26,28). The highest BCUT2D eigenvalue weighted by Gasteiger charge is 2.22. The maximum Gasteiger partial charge on any atom is 0.343 e. The third-order valence-corrected chi connectivity index (χ3v) is 5.61. The fraction of sp³-hybridized carbons (Fsp3) is 0.227. The molecule has 172 valence electrons. The predicted octanol–water partition coefficient (Wildman–Crippen LogP) is 3.64. The number of aromatic nitrogens is 2. The van der Waals surface area contributed by atoms with Gasteiger partial charge in [-0.05, 0) is 49.9 Å². The lowest BCUT2D eigenvalue weighted by atomic mass is 10.2. The van der Waals surface area contributed by atoms with Crippen molar-refractivity contribution in [2.45, 2.75) is 18.9 Å². The molecule has 0 aliphatic carbocycles. The Balaban J connectivity index is 1.55. The summed E-state index contributed by atoms with van der Waals surface area (Å²) in [5.41, 5.74) is 1.82. The van der Waals surface area contributed by atoms with E-state index in [4.69, 9.17) is 20.8 Å². The molecular formula is C22H21ClN4O5S. The van der Waals surface area contributed by atoms with Crippen molar-refractivity contribution in [3.05, 3.63) is 58.4 Å². The van der Waals surface area contributed by atoms with Crippen molar-refractivity contribution >= 4 is 46.8 Å². The van der Waals surface area contributed by atoms with Crippen LogP contribution in [0.25, 0.3) is 11.6 Å². The van der Waals surface area contributed by atoms with Crippen LogP contribution in [-0.2, 0) is 14.3 Å². The summed E-state index contributed by atoms with van der Waals surface area (Å²) < 4.78 is 10.4. The van der Waals surface area contributed by atoms with E-state index in [2.05, 4.69) is 20.6 Å². The highest BCUT2D eigenvalue weighted by Crippen LogP contribution is 2.26. The van der Waals surface area contributed by atoms with E-state index in [9.17, 15) is 14.4 Å². The molecule has 0 bridgehead atoms. The van der Waals surface area contributed by atoms with Gasteiger partial charge in [-0.15, -0.1) is 11.8 Å². The van der Waals surface area contributed by atoms with E-state index >= 15 is 0 Å². The van der Waals surface area contributed by atoms with Crippen molar-refractivity contribution in [3.8, 4) is 11.6 Å². The number of furan rings is 1. The number of esters is 1. The molecule has 2 heterocycles. The van der Waals surface area contributed by atoms with Gasteiger partial charge in [0.1, 0.15) is 10.6 Å². The second-order valence-corrected chi connectivity index (χ2v) is 8.01. The Morgan fingerprint density at radius 3 is 2.61 bits per heavy atom. The number of hydrogen-bond donors (Lipinski definition) is 2. The summed E-state index contributed by atoms with van der Waals surface area (Å²) in [6.07, 6.45) is 3.27. The minimum absolute atomic E-state index is 0.166. The Morgan fingerprint density at radius 1 is 1.12 bits per heavy atom. The van der Waals surface area contributed by atoms with Crippen molar-refractivity contribution in [1.29, 1.82) is 0 Å². The fourth-order valence-electron chi connectivity index (χ4n) is 2.82. The van der Waals surface area contributed by atoms with Gasteiger partial charge in [-0.25, -0.2) is 14.8 Å². The number of thioether (sulfide) groups is 1. The molecule has 33 heavy (non-hydrogen) atoms. The van der Waals surface area contributed by atoms with Gasteiger partial charge in [-0.3, -0.25) is 9.59 Å². The lowest BCUT2D eigenvalue weighted by molar-refractivity contribution is -0.126. The predicted molar refractivity (Wildman–Crippen MR) is 124 cm³/mol. The Bertz CT molecular complexity index is 1180. The molecule has 3 aromatic rings. The van der Waals surface area contributed by atoms with Crippen molar-refractivity contribution in [1.82, 2.24) is 15.3 Å². The number of amides is 2. The summed E-state index contributed by atoms with van der Waals surface area (Å²) in [6.45, 7) is 2.56. The Kier molecular flexibility index (Phi) is 8.07. The van der Waals surface area contributed by atoms with E-state index in [0.29, 0.717) is 38.6 Å². The van der Waals surface area contributed by atoms with Gasteiger partial charge in [0.2, 0.25) is 5.91 Å². The molecule has 9 nitrogen and oxygen atoms in total. The summed E-state index contributed by atoms with van der Waals surface area (Å²) in [4.78, 5) is 45.4. The van der Waals surface area contributed by atoms with Gasteiger partial charge in [0.15, 0.2) is 18.2 Å². The zero-order chi connectivity index (χ0) is 24.0. The first-order valence-electron chi connectivity index (χ1n) is 9.75. The zero-order valence-electron chi connectivity index (χ0n) is 18.1. The molecule has 0 fully saturated rings. The fourth-order valence-corrected chi connectivity index (χ4v) is 3.60. The molecule has 0 unspecified atom stereocenters. The van der Waals surface area contributed by atoms with E-state index in [1.54, 1.807) is 50.4 Å². The molecule has 0 spiro atoms. The number of aryl methyl sites for hydroxylation is 1. The number of nitrogens with one attached hydrogen (secondary N) is 2. The van der Waals surface area contributed by atoms with Crippen LogP contribution in [0.5, 0.6) is 0 Å². The van der Waals surface area contributed by atoms with E-state index in [1.807, 2.05) is 0 Å². The number of halogens is 1. The molecule has 0 saturated carbocycles. The number of rotatable bonds is 8. The summed E-state index contributed by atoms with van der Waals surface area (Å²) in [5, 5.41) is 5.99. The number of hydrogen-bond acceptors (Lipinski definition) is 8. The van der Waals surface area contributed by atoms with Crippen molar-refractivity contribution in [3.63, 3.8) is 0 Å². The van der Waals surface area contributed by atoms with Gasteiger partial charge < -0.3 is 19.8 Å². The van der Waals surface area contributed by atoms with Crippen LogP contribution in [0.1, 0.15) is 21.6 Å². The van der Waals surface area contributed by atoms with E-state index in [0.717, 1.165) is 0 Å². The van der Waals surface area contributed by atoms with Crippen molar-refractivity contribution < 1.29 is 23.5 Å². The second kappa shape index (κ2) is 11.0. The van der Waals surface area contributed by atoms with Crippen LogP contribution in [0.15, 0.2) is 46.0 Å². The minimum atomic E-state index is -0.739. The molecule has 0 radical (unpaired) electrons. The van der Waals surface area contributed by atoms with E-state index in [1.165, 1.54) is 18.0 Å². The molecule has 0 aliphatic rings. The van der Waals surface area contributed by atoms with Crippen LogP contribution in [0, 0.1) is 13.8 Å². The Hall–Kier alpha value is -3.37. The number of nitrogens with zero attached hydrogens (tertiary/aromatic N) is 2. The number of carbonyl (C=O) groups excluding carboxylic acids is 3. The average Bonchev–Trinajstić information content (AvgIpc) is 3.33. The largest absolute Gasteiger partial charge is 0.461 e. The zero-order valence-corrected chi connectivity index (χ0v) is 19.7. The molecule has 1 aromatic carbocycles. The van der Waals surface area contributed by atoms with Gasteiger partial charge in [0, 0.05) is 10.7 Å². The van der Waals surface area contributed by atoms with Crippen LogP contribution in [0.2, 0.25) is 5.02 Å². The van der Waals surface area contributed by atoms with Crippen LogP contribution in [0.3, 0.4) is 0 Å². The molecule has 11 heteroatoms. The number of benzene rings is 1. The Labute approximate surface area is 199 Å². The first-order chi connectivity index (χ1) is 15.8. The molecule has 0 atom stereocenters. The lowest BCUT2D eigenvalue weighted by Gasteiger charge is -2.12. The van der Waals surface area contributed by atoms with Crippen LogP contribution >= 0.6 is 23.4 Å². The monoisotopic (exact) mass is 488 g/mol. The number of anilines is 1. The van der Waals surface area contributed by atoms with Gasteiger partial charge in [-0.2, -0.15) is 0 Å². The maximum atomic E-state index is 12.6. The molecule has 2 amide bonds. The summed E-state index contributed by atoms with van der Waals surface area (Å²) >= 11 is 7.27. The minimum Gasteiger partial charge on any atom is -0.461 e. The highest BCUT2D eigenvalue weighted by molar-refractivity contribution is 7.98. The van der Waals surface area contributed by atoms with Gasteiger partial charge in [0.25, 0.3) is 5.91 Å². The summed E-state index contributed by atoms with van der Waals surface area (Å²) in [6, 6.07) is 8.55. The smallest absolute Gasteiger partial charge is 0.343 e. The maximum absolute atomic E-state index is 12.6. The summed E-state index contributed by atoms with van der Waals surface area (Å²) in [5.74, 6) is -0.992. The third kappa shape index (κ3) is 6.11.